The summed E-state index contributed by atoms with van der Waals surface area (Å²) >= 11 is 0. The van der Waals surface area contributed by atoms with Crippen LogP contribution in [-0.2, 0) is 9.53 Å². The summed E-state index contributed by atoms with van der Waals surface area (Å²) in [4.78, 5) is 11.9. The van der Waals surface area contributed by atoms with Crippen molar-refractivity contribution >= 4 is 5.91 Å². The van der Waals surface area contributed by atoms with E-state index in [-0.39, 0.29) is 5.91 Å². The van der Waals surface area contributed by atoms with Gasteiger partial charge in [-0.15, -0.1) is 0 Å². The first kappa shape index (κ1) is 13.0. The molecule has 0 spiro atoms. The molecule has 1 aliphatic heterocycles. The van der Waals surface area contributed by atoms with Crippen molar-refractivity contribution in [3.8, 4) is 6.07 Å². The number of nitriles is 1. The number of amides is 1. The topological polar surface area (TPSA) is 62.1 Å². The molecule has 4 heteroatoms. The van der Waals surface area contributed by atoms with Crippen LogP contribution in [0.2, 0.25) is 0 Å². The van der Waals surface area contributed by atoms with Crippen molar-refractivity contribution in [2.75, 3.05) is 19.8 Å². The molecule has 1 rings (SSSR count). The molecule has 1 N–H and O–H groups in total. The zero-order chi connectivity index (χ0) is 12.0. The van der Waals surface area contributed by atoms with E-state index >= 15 is 0 Å². The fourth-order valence-corrected chi connectivity index (χ4v) is 1.75. The van der Waals surface area contributed by atoms with Crippen LogP contribution in [0.15, 0.2) is 0 Å². The highest BCUT2D eigenvalue weighted by atomic mass is 16.5. The number of hydrogen-bond acceptors (Lipinski definition) is 3. The number of ether oxygens (including phenoxy) is 1. The van der Waals surface area contributed by atoms with Gasteiger partial charge >= 0.3 is 0 Å². The average Bonchev–Trinajstić information content (AvgIpc) is 2.29. The molecule has 0 bridgehead atoms. The molecule has 0 aromatic rings. The zero-order valence-corrected chi connectivity index (χ0v) is 10.1. The van der Waals surface area contributed by atoms with E-state index < -0.39 is 5.41 Å². The Morgan fingerprint density at radius 1 is 1.50 bits per heavy atom. The van der Waals surface area contributed by atoms with Crippen molar-refractivity contribution in [3.05, 3.63) is 0 Å². The second-order valence-electron chi connectivity index (χ2n) is 4.74. The van der Waals surface area contributed by atoms with E-state index in [0.29, 0.717) is 38.5 Å². The van der Waals surface area contributed by atoms with E-state index in [1.807, 2.05) is 0 Å². The molecule has 0 aliphatic carbocycles. The van der Waals surface area contributed by atoms with E-state index in [2.05, 4.69) is 25.2 Å². The minimum atomic E-state index is -0.852. The van der Waals surface area contributed by atoms with Crippen molar-refractivity contribution in [3.63, 3.8) is 0 Å². The lowest BCUT2D eigenvalue weighted by Crippen LogP contribution is -2.44. The van der Waals surface area contributed by atoms with Crippen LogP contribution in [-0.4, -0.2) is 25.7 Å². The third-order valence-corrected chi connectivity index (χ3v) is 3.00. The normalized spacial score (nSPS) is 19.1. The first-order chi connectivity index (χ1) is 7.60. The van der Waals surface area contributed by atoms with Crippen LogP contribution in [0.4, 0.5) is 0 Å². The first-order valence-corrected chi connectivity index (χ1v) is 5.88. The fraction of sp³-hybridized carbons (Fsp3) is 0.833. The second kappa shape index (κ2) is 5.86. The van der Waals surface area contributed by atoms with Crippen molar-refractivity contribution in [2.45, 2.75) is 33.1 Å². The van der Waals surface area contributed by atoms with Crippen LogP contribution in [0.25, 0.3) is 0 Å². The van der Waals surface area contributed by atoms with Crippen LogP contribution in [0.3, 0.4) is 0 Å². The Balaban J connectivity index is 2.46. The second-order valence-corrected chi connectivity index (χ2v) is 4.74. The summed E-state index contributed by atoms with van der Waals surface area (Å²) in [5.74, 6) is 0.437. The molecule has 4 nitrogen and oxygen atoms in total. The van der Waals surface area contributed by atoms with Crippen molar-refractivity contribution in [1.29, 1.82) is 5.26 Å². The van der Waals surface area contributed by atoms with Crippen LogP contribution < -0.4 is 5.32 Å². The number of nitrogens with zero attached hydrogens (tertiary/aromatic N) is 1. The van der Waals surface area contributed by atoms with Gasteiger partial charge in [-0.05, 0) is 25.2 Å². The van der Waals surface area contributed by atoms with Gasteiger partial charge in [0.05, 0.1) is 6.07 Å². The minimum absolute atomic E-state index is 0.126. The third kappa shape index (κ3) is 3.21. The fourth-order valence-electron chi connectivity index (χ4n) is 1.75. The quantitative estimate of drug-likeness (QED) is 0.786. The van der Waals surface area contributed by atoms with E-state index in [9.17, 15) is 4.79 Å². The lowest BCUT2D eigenvalue weighted by atomic mass is 9.81. The SMILES string of the molecule is CC(C)CCNC(=O)C1(C#N)CCOCC1. The standard InChI is InChI=1S/C12H20N2O2/c1-10(2)3-6-14-11(15)12(9-13)4-7-16-8-5-12/h10H,3-8H2,1-2H3,(H,14,15). The maximum absolute atomic E-state index is 11.9. The Morgan fingerprint density at radius 3 is 2.62 bits per heavy atom. The predicted molar refractivity (Wildman–Crippen MR) is 60.6 cm³/mol. The Labute approximate surface area is 97.0 Å². The monoisotopic (exact) mass is 224 g/mol. The molecule has 1 fully saturated rings. The van der Waals surface area contributed by atoms with E-state index in [1.54, 1.807) is 0 Å². The number of hydrogen-bond donors (Lipinski definition) is 1. The Kier molecular flexibility index (Phi) is 4.75. The van der Waals surface area contributed by atoms with Gasteiger partial charge in [-0.25, -0.2) is 0 Å². The highest BCUT2D eigenvalue weighted by Gasteiger charge is 2.40. The molecule has 1 aliphatic rings. The predicted octanol–water partition coefficient (Wildman–Crippen LogP) is 1.47. The molecule has 1 saturated heterocycles. The lowest BCUT2D eigenvalue weighted by Gasteiger charge is -2.29. The molecule has 0 unspecified atom stereocenters. The van der Waals surface area contributed by atoms with Gasteiger partial charge in [0, 0.05) is 19.8 Å². The molecule has 1 amide bonds. The summed E-state index contributed by atoms with van der Waals surface area (Å²) in [7, 11) is 0. The third-order valence-electron chi connectivity index (χ3n) is 3.00. The van der Waals surface area contributed by atoms with E-state index in [1.165, 1.54) is 0 Å². The van der Waals surface area contributed by atoms with Gasteiger partial charge in [-0.1, -0.05) is 13.8 Å². The van der Waals surface area contributed by atoms with Gasteiger partial charge in [-0.3, -0.25) is 4.79 Å². The average molecular weight is 224 g/mol. The van der Waals surface area contributed by atoms with Gasteiger partial charge in [-0.2, -0.15) is 5.26 Å². The summed E-state index contributed by atoms with van der Waals surface area (Å²) in [6.07, 6.45) is 1.97. The molecule has 0 aromatic heterocycles. The number of nitrogens with one attached hydrogen (secondary N) is 1. The van der Waals surface area contributed by atoms with E-state index in [4.69, 9.17) is 10.00 Å². The number of rotatable bonds is 4. The smallest absolute Gasteiger partial charge is 0.240 e. The zero-order valence-electron chi connectivity index (χ0n) is 10.1. The maximum Gasteiger partial charge on any atom is 0.240 e. The summed E-state index contributed by atoms with van der Waals surface area (Å²) in [5.41, 5.74) is -0.852. The van der Waals surface area contributed by atoms with Crippen molar-refractivity contribution < 1.29 is 9.53 Å². The first-order valence-electron chi connectivity index (χ1n) is 5.88. The van der Waals surface area contributed by atoms with Crippen LogP contribution in [0.1, 0.15) is 33.1 Å². The summed E-state index contributed by atoms with van der Waals surface area (Å²) in [5, 5.41) is 12.0. The molecular weight excluding hydrogens is 204 g/mol. The van der Waals surface area contributed by atoms with Gasteiger partial charge in [0.25, 0.3) is 0 Å². The molecule has 0 atom stereocenters. The summed E-state index contributed by atoms with van der Waals surface area (Å²) < 4.78 is 5.19. The molecule has 0 saturated carbocycles. The Hall–Kier alpha value is -1.08. The van der Waals surface area contributed by atoms with Crippen LogP contribution in [0.5, 0.6) is 0 Å². The molecular formula is C12H20N2O2. The highest BCUT2D eigenvalue weighted by Crippen LogP contribution is 2.29. The molecule has 1 heterocycles. The lowest BCUT2D eigenvalue weighted by molar-refractivity contribution is -0.132. The Bertz CT molecular complexity index is 275. The Morgan fingerprint density at radius 2 is 2.12 bits per heavy atom. The maximum atomic E-state index is 11.9. The van der Waals surface area contributed by atoms with Crippen LogP contribution >= 0.6 is 0 Å². The van der Waals surface area contributed by atoms with E-state index in [0.717, 1.165) is 6.42 Å². The van der Waals surface area contributed by atoms with Gasteiger partial charge < -0.3 is 10.1 Å². The minimum Gasteiger partial charge on any atom is -0.381 e. The van der Waals surface area contributed by atoms with Gasteiger partial charge in [0.2, 0.25) is 5.91 Å². The molecule has 0 radical (unpaired) electrons. The molecule has 90 valence electrons. The summed E-state index contributed by atoms with van der Waals surface area (Å²) in [6, 6.07) is 2.16. The summed E-state index contributed by atoms with van der Waals surface area (Å²) in [6.45, 7) is 5.89. The van der Waals surface area contributed by atoms with Crippen molar-refractivity contribution in [2.24, 2.45) is 11.3 Å². The number of carbonyl (C=O) groups excluding carboxylic acids is 1. The molecule has 16 heavy (non-hydrogen) atoms. The molecule has 0 aromatic carbocycles. The largest absolute Gasteiger partial charge is 0.381 e. The van der Waals surface area contributed by atoms with Crippen molar-refractivity contribution in [1.82, 2.24) is 5.32 Å². The van der Waals surface area contributed by atoms with Gasteiger partial charge in [0.1, 0.15) is 5.41 Å². The highest BCUT2D eigenvalue weighted by molar-refractivity contribution is 5.85. The number of carbonyl (C=O) groups is 1. The van der Waals surface area contributed by atoms with Gasteiger partial charge in [0.15, 0.2) is 0 Å². The van der Waals surface area contributed by atoms with Crippen LogP contribution in [0, 0.1) is 22.7 Å².